The molecule has 0 aromatic carbocycles. The molecule has 7 heteroatoms. The number of hydrogen-bond donors (Lipinski definition) is 2. The van der Waals surface area contributed by atoms with E-state index in [1.54, 1.807) is 13.8 Å². The van der Waals surface area contributed by atoms with Gasteiger partial charge in [0.05, 0.1) is 17.7 Å². The van der Waals surface area contributed by atoms with Crippen LogP contribution in [0.1, 0.15) is 44.7 Å². The van der Waals surface area contributed by atoms with Crippen molar-refractivity contribution in [2.45, 2.75) is 40.5 Å². The van der Waals surface area contributed by atoms with Gasteiger partial charge in [0.25, 0.3) is 0 Å². The van der Waals surface area contributed by atoms with E-state index in [1.165, 1.54) is 11.3 Å². The minimum Gasteiger partial charge on any atom is -0.478 e. The molecule has 0 aliphatic rings. The second kappa shape index (κ2) is 6.31. The minimum atomic E-state index is -1.02. The predicted molar refractivity (Wildman–Crippen MR) is 83.7 cm³/mol. The van der Waals surface area contributed by atoms with Crippen molar-refractivity contribution in [3.63, 3.8) is 0 Å². The molecule has 22 heavy (non-hydrogen) atoms. The number of carbonyl (C=O) groups is 2. The van der Waals surface area contributed by atoms with Gasteiger partial charge in [-0.1, -0.05) is 12.1 Å². The summed E-state index contributed by atoms with van der Waals surface area (Å²) in [6.07, 6.45) is 0.725. The molecule has 0 radical (unpaired) electrons. The van der Waals surface area contributed by atoms with Crippen molar-refractivity contribution in [3.05, 3.63) is 33.0 Å². The molecule has 0 saturated heterocycles. The molecule has 6 nitrogen and oxygen atoms in total. The third-order valence-corrected chi connectivity index (χ3v) is 4.61. The molecule has 0 aliphatic carbocycles. The Hall–Kier alpha value is -2.15. The van der Waals surface area contributed by atoms with Crippen LogP contribution in [0, 0.1) is 20.8 Å². The zero-order chi connectivity index (χ0) is 16.4. The lowest BCUT2D eigenvalue weighted by atomic mass is 10.1. The molecular weight excluding hydrogens is 304 g/mol. The molecule has 1 amide bonds. The highest BCUT2D eigenvalue weighted by atomic mass is 32.1. The van der Waals surface area contributed by atoms with Crippen LogP contribution in [-0.2, 0) is 17.6 Å². The number of thiophene rings is 1. The highest BCUT2D eigenvalue weighted by Crippen LogP contribution is 2.33. The van der Waals surface area contributed by atoms with Crippen molar-refractivity contribution in [1.29, 1.82) is 0 Å². The Bertz CT molecular complexity index is 711. The molecule has 0 aliphatic heterocycles. The van der Waals surface area contributed by atoms with Crippen molar-refractivity contribution in [2.75, 3.05) is 5.32 Å². The Labute approximate surface area is 132 Å². The van der Waals surface area contributed by atoms with Crippen LogP contribution >= 0.6 is 11.3 Å². The number of nitrogens with one attached hydrogen (secondary N) is 1. The van der Waals surface area contributed by atoms with E-state index in [0.717, 1.165) is 16.0 Å². The fraction of sp³-hybridized carbons (Fsp3) is 0.400. The summed E-state index contributed by atoms with van der Waals surface area (Å²) in [5.74, 6) is -0.697. The fourth-order valence-electron chi connectivity index (χ4n) is 2.40. The molecule has 0 saturated carbocycles. The smallest absolute Gasteiger partial charge is 0.339 e. The summed E-state index contributed by atoms with van der Waals surface area (Å²) in [6, 6.07) is 0. The van der Waals surface area contributed by atoms with Crippen molar-refractivity contribution < 1.29 is 19.2 Å². The quantitative estimate of drug-likeness (QED) is 0.882. The zero-order valence-electron chi connectivity index (χ0n) is 12.9. The standard InChI is InChI=1S/C15H18N2O4S/c1-5-10-9(4)22-14(13(10)15(19)20)16-12(18)6-11-7(2)17-21-8(11)3/h5-6H2,1-4H3,(H,16,18)(H,19,20). The van der Waals surface area contributed by atoms with Gasteiger partial charge in [0, 0.05) is 10.4 Å². The molecule has 118 valence electrons. The van der Waals surface area contributed by atoms with Gasteiger partial charge in [-0.15, -0.1) is 11.3 Å². The average molecular weight is 322 g/mol. The van der Waals surface area contributed by atoms with Crippen LogP contribution in [-0.4, -0.2) is 22.1 Å². The number of anilines is 1. The maximum absolute atomic E-state index is 12.2. The number of carboxylic acid groups (broad SMARTS) is 1. The topological polar surface area (TPSA) is 92.4 Å². The number of carbonyl (C=O) groups excluding carboxylic acids is 1. The van der Waals surface area contributed by atoms with Crippen LogP contribution in [0.15, 0.2) is 4.52 Å². The summed E-state index contributed by atoms with van der Waals surface area (Å²) in [5, 5.41) is 16.3. The predicted octanol–water partition coefficient (Wildman–Crippen LogP) is 3.10. The highest BCUT2D eigenvalue weighted by Gasteiger charge is 2.22. The van der Waals surface area contributed by atoms with E-state index in [1.807, 2.05) is 13.8 Å². The molecule has 2 rings (SSSR count). The number of carboxylic acids is 1. The van der Waals surface area contributed by atoms with E-state index in [9.17, 15) is 14.7 Å². The molecule has 2 N–H and O–H groups in total. The SMILES string of the molecule is CCc1c(C)sc(NC(=O)Cc2c(C)noc2C)c1C(=O)O. The van der Waals surface area contributed by atoms with Gasteiger partial charge < -0.3 is 14.9 Å². The molecule has 2 aromatic heterocycles. The zero-order valence-corrected chi connectivity index (χ0v) is 13.8. The Balaban J connectivity index is 2.24. The molecule has 2 heterocycles. The first-order valence-electron chi connectivity index (χ1n) is 6.92. The number of rotatable bonds is 5. The molecule has 2 aromatic rings. The number of amides is 1. The van der Waals surface area contributed by atoms with Crippen molar-refractivity contribution in [1.82, 2.24) is 5.16 Å². The van der Waals surface area contributed by atoms with E-state index in [2.05, 4.69) is 10.5 Å². The van der Waals surface area contributed by atoms with Crippen LogP contribution in [0.3, 0.4) is 0 Å². The second-order valence-electron chi connectivity index (χ2n) is 5.03. The number of aryl methyl sites for hydroxylation is 3. The van der Waals surface area contributed by atoms with Gasteiger partial charge in [0.2, 0.25) is 5.91 Å². The van der Waals surface area contributed by atoms with Gasteiger partial charge in [0.1, 0.15) is 10.8 Å². The van der Waals surface area contributed by atoms with Crippen LogP contribution in [0.5, 0.6) is 0 Å². The van der Waals surface area contributed by atoms with Crippen LogP contribution in [0.2, 0.25) is 0 Å². The maximum atomic E-state index is 12.2. The number of aromatic carboxylic acids is 1. The van der Waals surface area contributed by atoms with E-state index < -0.39 is 5.97 Å². The first kappa shape index (κ1) is 16.2. The number of nitrogens with zero attached hydrogens (tertiary/aromatic N) is 1. The molecule has 0 atom stereocenters. The van der Waals surface area contributed by atoms with Crippen LogP contribution in [0.25, 0.3) is 0 Å². The maximum Gasteiger partial charge on any atom is 0.339 e. The summed E-state index contributed by atoms with van der Waals surface area (Å²) in [4.78, 5) is 24.6. The molecule has 0 unspecified atom stereocenters. The number of hydrogen-bond acceptors (Lipinski definition) is 5. The molecule has 0 bridgehead atoms. The second-order valence-corrected chi connectivity index (χ2v) is 6.25. The van der Waals surface area contributed by atoms with E-state index in [0.29, 0.717) is 22.9 Å². The normalized spacial score (nSPS) is 10.7. The van der Waals surface area contributed by atoms with Gasteiger partial charge in [0.15, 0.2) is 0 Å². The summed E-state index contributed by atoms with van der Waals surface area (Å²) >= 11 is 1.29. The van der Waals surface area contributed by atoms with Gasteiger partial charge in [-0.2, -0.15) is 0 Å². The first-order valence-corrected chi connectivity index (χ1v) is 7.73. The van der Waals surface area contributed by atoms with E-state index in [4.69, 9.17) is 4.52 Å². The third kappa shape index (κ3) is 3.04. The molecule has 0 spiro atoms. The van der Waals surface area contributed by atoms with Gasteiger partial charge in [-0.3, -0.25) is 4.79 Å². The highest BCUT2D eigenvalue weighted by molar-refractivity contribution is 7.16. The minimum absolute atomic E-state index is 0.110. The van der Waals surface area contributed by atoms with Gasteiger partial charge in [-0.25, -0.2) is 4.79 Å². The van der Waals surface area contributed by atoms with Gasteiger partial charge >= 0.3 is 5.97 Å². The lowest BCUT2D eigenvalue weighted by Gasteiger charge is -2.05. The van der Waals surface area contributed by atoms with E-state index in [-0.39, 0.29) is 17.9 Å². The van der Waals surface area contributed by atoms with E-state index >= 15 is 0 Å². The molecular formula is C15H18N2O4S. The third-order valence-electron chi connectivity index (χ3n) is 3.55. The van der Waals surface area contributed by atoms with Crippen molar-refractivity contribution in [3.8, 4) is 0 Å². The Morgan fingerprint density at radius 2 is 1.95 bits per heavy atom. The molecule has 0 fully saturated rings. The largest absolute Gasteiger partial charge is 0.478 e. The average Bonchev–Trinajstić information content (AvgIpc) is 2.92. The summed E-state index contributed by atoms with van der Waals surface area (Å²) in [7, 11) is 0. The van der Waals surface area contributed by atoms with Crippen LogP contribution in [0.4, 0.5) is 5.00 Å². The lowest BCUT2D eigenvalue weighted by Crippen LogP contribution is -2.16. The first-order chi connectivity index (χ1) is 10.3. The lowest BCUT2D eigenvalue weighted by molar-refractivity contribution is -0.115. The Kier molecular flexibility index (Phi) is 4.65. The Morgan fingerprint density at radius 3 is 2.45 bits per heavy atom. The summed E-state index contributed by atoms with van der Waals surface area (Å²) in [6.45, 7) is 7.28. The summed E-state index contributed by atoms with van der Waals surface area (Å²) < 4.78 is 5.03. The Morgan fingerprint density at radius 1 is 1.27 bits per heavy atom. The monoisotopic (exact) mass is 322 g/mol. The van der Waals surface area contributed by atoms with Crippen molar-refractivity contribution in [2.24, 2.45) is 0 Å². The van der Waals surface area contributed by atoms with Crippen LogP contribution < -0.4 is 5.32 Å². The van der Waals surface area contributed by atoms with Gasteiger partial charge in [-0.05, 0) is 32.8 Å². The fourth-order valence-corrected chi connectivity index (χ4v) is 3.56. The van der Waals surface area contributed by atoms with Crippen molar-refractivity contribution >= 4 is 28.2 Å². The number of aromatic nitrogens is 1. The summed E-state index contributed by atoms with van der Waals surface area (Å²) in [5.41, 5.74) is 2.36.